The zero-order chi connectivity index (χ0) is 14.2. The highest BCUT2D eigenvalue weighted by atomic mass is 16.5. The average molecular weight is 279 g/mol. The van der Waals surface area contributed by atoms with Crippen LogP contribution in [0.25, 0.3) is 0 Å². The van der Waals surface area contributed by atoms with Crippen LogP contribution in [0.15, 0.2) is 18.2 Å². The van der Waals surface area contributed by atoms with Gasteiger partial charge >= 0.3 is 0 Å². The summed E-state index contributed by atoms with van der Waals surface area (Å²) in [7, 11) is 1.69. The molecule has 0 aliphatic carbocycles. The van der Waals surface area contributed by atoms with E-state index in [4.69, 9.17) is 14.2 Å². The number of rotatable bonds is 7. The molecule has 1 aliphatic heterocycles. The monoisotopic (exact) mass is 279 g/mol. The van der Waals surface area contributed by atoms with Crippen molar-refractivity contribution in [2.75, 3.05) is 26.9 Å². The third kappa shape index (κ3) is 4.39. The third-order valence-electron chi connectivity index (χ3n) is 3.47. The minimum Gasteiger partial charge on any atom is -0.497 e. The molecule has 0 atom stereocenters. The lowest BCUT2D eigenvalue weighted by molar-refractivity contribution is 0.0251. The van der Waals surface area contributed by atoms with Gasteiger partial charge in [0.1, 0.15) is 17.6 Å². The van der Waals surface area contributed by atoms with E-state index in [1.807, 2.05) is 12.1 Å². The maximum absolute atomic E-state index is 6.14. The Kier molecular flexibility index (Phi) is 6.15. The van der Waals surface area contributed by atoms with E-state index >= 15 is 0 Å². The first-order valence-corrected chi connectivity index (χ1v) is 7.45. The lowest BCUT2D eigenvalue weighted by Gasteiger charge is -2.25. The Morgan fingerprint density at radius 2 is 2.10 bits per heavy atom. The zero-order valence-electron chi connectivity index (χ0n) is 12.5. The van der Waals surface area contributed by atoms with Crippen molar-refractivity contribution in [1.82, 2.24) is 5.32 Å². The number of benzene rings is 1. The van der Waals surface area contributed by atoms with Crippen LogP contribution in [0.1, 0.15) is 31.7 Å². The molecule has 1 heterocycles. The second-order valence-electron chi connectivity index (χ2n) is 5.08. The number of methoxy groups -OCH3 is 1. The van der Waals surface area contributed by atoms with E-state index in [2.05, 4.69) is 18.3 Å². The molecule has 0 radical (unpaired) electrons. The molecule has 0 spiro atoms. The van der Waals surface area contributed by atoms with E-state index in [-0.39, 0.29) is 6.10 Å². The molecule has 1 saturated heterocycles. The van der Waals surface area contributed by atoms with Gasteiger partial charge in [-0.1, -0.05) is 6.92 Å². The zero-order valence-corrected chi connectivity index (χ0v) is 12.5. The molecule has 0 bridgehead atoms. The smallest absolute Gasteiger partial charge is 0.124 e. The van der Waals surface area contributed by atoms with Gasteiger partial charge in [-0.2, -0.15) is 0 Å². The Bertz CT molecular complexity index is 403. The molecule has 4 nitrogen and oxygen atoms in total. The Labute approximate surface area is 121 Å². The summed E-state index contributed by atoms with van der Waals surface area (Å²) in [6, 6.07) is 6.02. The Balaban J connectivity index is 2.04. The highest BCUT2D eigenvalue weighted by Crippen LogP contribution is 2.26. The van der Waals surface area contributed by atoms with Crippen LogP contribution in [-0.2, 0) is 11.3 Å². The third-order valence-corrected chi connectivity index (χ3v) is 3.47. The van der Waals surface area contributed by atoms with Gasteiger partial charge in [0.15, 0.2) is 0 Å². The van der Waals surface area contributed by atoms with Crippen molar-refractivity contribution in [1.29, 1.82) is 0 Å². The van der Waals surface area contributed by atoms with E-state index < -0.39 is 0 Å². The highest BCUT2D eigenvalue weighted by Gasteiger charge is 2.17. The summed E-state index contributed by atoms with van der Waals surface area (Å²) in [5.41, 5.74) is 1.16. The molecule has 2 rings (SSSR count). The normalized spacial score (nSPS) is 16.1. The largest absolute Gasteiger partial charge is 0.497 e. The van der Waals surface area contributed by atoms with Gasteiger partial charge in [-0.3, -0.25) is 0 Å². The molecule has 0 amide bonds. The van der Waals surface area contributed by atoms with Crippen LogP contribution in [0, 0.1) is 0 Å². The van der Waals surface area contributed by atoms with Gasteiger partial charge < -0.3 is 19.5 Å². The van der Waals surface area contributed by atoms with E-state index in [0.717, 1.165) is 62.6 Å². The number of nitrogens with one attached hydrogen (secondary N) is 1. The topological polar surface area (TPSA) is 39.7 Å². The van der Waals surface area contributed by atoms with Crippen LogP contribution < -0.4 is 14.8 Å². The Morgan fingerprint density at radius 1 is 1.30 bits per heavy atom. The fraction of sp³-hybridized carbons (Fsp3) is 0.625. The number of hydrogen-bond acceptors (Lipinski definition) is 4. The summed E-state index contributed by atoms with van der Waals surface area (Å²) in [4.78, 5) is 0. The van der Waals surface area contributed by atoms with Crippen LogP contribution in [-0.4, -0.2) is 33.0 Å². The van der Waals surface area contributed by atoms with E-state index in [1.54, 1.807) is 7.11 Å². The van der Waals surface area contributed by atoms with E-state index in [0.29, 0.717) is 0 Å². The molecular formula is C16H25NO3. The van der Waals surface area contributed by atoms with E-state index in [1.165, 1.54) is 0 Å². The van der Waals surface area contributed by atoms with Crippen LogP contribution in [0.5, 0.6) is 11.5 Å². The molecule has 0 aromatic heterocycles. The molecule has 112 valence electrons. The molecule has 4 heteroatoms. The lowest BCUT2D eigenvalue weighted by atomic mass is 10.1. The van der Waals surface area contributed by atoms with Crippen LogP contribution in [0.2, 0.25) is 0 Å². The van der Waals surface area contributed by atoms with Crippen molar-refractivity contribution in [3.8, 4) is 11.5 Å². The molecule has 0 saturated carbocycles. The summed E-state index contributed by atoms with van der Waals surface area (Å²) < 4.78 is 16.8. The summed E-state index contributed by atoms with van der Waals surface area (Å²) in [6.07, 6.45) is 3.32. The van der Waals surface area contributed by atoms with Gasteiger partial charge in [-0.15, -0.1) is 0 Å². The summed E-state index contributed by atoms with van der Waals surface area (Å²) in [5, 5.41) is 3.42. The van der Waals surface area contributed by atoms with Gasteiger partial charge in [0.25, 0.3) is 0 Å². The summed E-state index contributed by atoms with van der Waals surface area (Å²) in [6.45, 7) is 5.57. The minimum absolute atomic E-state index is 0.266. The second kappa shape index (κ2) is 8.12. The predicted molar refractivity (Wildman–Crippen MR) is 79.5 cm³/mol. The first kappa shape index (κ1) is 15.1. The van der Waals surface area contributed by atoms with Crippen molar-refractivity contribution < 1.29 is 14.2 Å². The molecule has 1 aromatic carbocycles. The predicted octanol–water partition coefficient (Wildman–Crippen LogP) is 2.75. The van der Waals surface area contributed by atoms with Crippen LogP contribution >= 0.6 is 0 Å². The number of hydrogen-bond donors (Lipinski definition) is 1. The van der Waals surface area contributed by atoms with Crippen molar-refractivity contribution in [2.45, 2.75) is 38.8 Å². The summed E-state index contributed by atoms with van der Waals surface area (Å²) >= 11 is 0. The minimum atomic E-state index is 0.266. The summed E-state index contributed by atoms with van der Waals surface area (Å²) in [5.74, 6) is 1.83. The van der Waals surface area contributed by atoms with Crippen LogP contribution in [0.4, 0.5) is 0 Å². The van der Waals surface area contributed by atoms with Crippen molar-refractivity contribution in [3.63, 3.8) is 0 Å². The first-order valence-electron chi connectivity index (χ1n) is 7.45. The number of ether oxygens (including phenoxy) is 3. The highest BCUT2D eigenvalue weighted by molar-refractivity contribution is 5.40. The second-order valence-corrected chi connectivity index (χ2v) is 5.08. The maximum atomic E-state index is 6.14. The van der Waals surface area contributed by atoms with Crippen molar-refractivity contribution >= 4 is 0 Å². The van der Waals surface area contributed by atoms with Gasteiger partial charge in [0, 0.05) is 24.9 Å². The fourth-order valence-corrected chi connectivity index (χ4v) is 2.31. The SMILES string of the molecule is CCCNCc1cc(OC)ccc1OC1CCOCC1. The first-order chi connectivity index (χ1) is 9.83. The van der Waals surface area contributed by atoms with Gasteiger partial charge in [0.2, 0.25) is 0 Å². The maximum Gasteiger partial charge on any atom is 0.124 e. The molecule has 20 heavy (non-hydrogen) atoms. The van der Waals surface area contributed by atoms with Crippen molar-refractivity contribution in [2.24, 2.45) is 0 Å². The average Bonchev–Trinajstić information content (AvgIpc) is 2.50. The quantitative estimate of drug-likeness (QED) is 0.779. The Hall–Kier alpha value is -1.26. The lowest BCUT2D eigenvalue weighted by Crippen LogP contribution is -2.26. The molecule has 0 unspecified atom stereocenters. The van der Waals surface area contributed by atoms with Gasteiger partial charge in [0.05, 0.1) is 20.3 Å². The van der Waals surface area contributed by atoms with Crippen LogP contribution in [0.3, 0.4) is 0 Å². The van der Waals surface area contributed by atoms with E-state index in [9.17, 15) is 0 Å². The standard InChI is InChI=1S/C16H25NO3/c1-3-8-17-12-13-11-15(18-2)4-5-16(13)20-14-6-9-19-10-7-14/h4-5,11,14,17H,3,6-10,12H2,1-2H3. The molecule has 1 fully saturated rings. The van der Waals surface area contributed by atoms with Gasteiger partial charge in [-0.25, -0.2) is 0 Å². The van der Waals surface area contributed by atoms with Crippen molar-refractivity contribution in [3.05, 3.63) is 23.8 Å². The molecule has 1 aliphatic rings. The Morgan fingerprint density at radius 3 is 2.80 bits per heavy atom. The van der Waals surface area contributed by atoms with Gasteiger partial charge in [-0.05, 0) is 31.2 Å². The molecule has 1 aromatic rings. The molecular weight excluding hydrogens is 254 g/mol. The molecule has 1 N–H and O–H groups in total. The fourth-order valence-electron chi connectivity index (χ4n) is 2.31.